The van der Waals surface area contributed by atoms with Gasteiger partial charge in [0.15, 0.2) is 0 Å². The molecule has 0 unspecified atom stereocenters. The standard InChI is InChI=1S/C20H16FNO3S/c1-13-17-7-2-3-8-18(17)19-10-9-14(21)11-20(19)22(13)26(24,25)16-6-4-5-15(23)12-16/h2-13,23H,1H3/t13-/m0/s1. The number of phenols is 1. The van der Waals surface area contributed by atoms with Gasteiger partial charge in [-0.2, -0.15) is 0 Å². The second kappa shape index (κ2) is 5.85. The predicted molar refractivity (Wildman–Crippen MR) is 98.0 cm³/mol. The molecule has 0 saturated carbocycles. The zero-order chi connectivity index (χ0) is 18.5. The lowest BCUT2D eigenvalue weighted by molar-refractivity contribution is 0.473. The fourth-order valence-electron chi connectivity index (χ4n) is 3.45. The minimum atomic E-state index is -4.00. The molecular weight excluding hydrogens is 353 g/mol. The summed E-state index contributed by atoms with van der Waals surface area (Å²) in [7, 11) is -4.00. The van der Waals surface area contributed by atoms with Crippen molar-refractivity contribution in [2.24, 2.45) is 0 Å². The summed E-state index contributed by atoms with van der Waals surface area (Å²) in [6.07, 6.45) is 0. The Bertz CT molecular complexity index is 1110. The number of phenolic OH excluding ortho intramolecular Hbond substituents is 1. The molecule has 3 aromatic rings. The van der Waals surface area contributed by atoms with Gasteiger partial charge in [0.25, 0.3) is 10.0 Å². The average molecular weight is 369 g/mol. The summed E-state index contributed by atoms with van der Waals surface area (Å²) in [5.74, 6) is -0.651. The van der Waals surface area contributed by atoms with Crippen molar-refractivity contribution in [1.82, 2.24) is 0 Å². The molecule has 6 heteroatoms. The van der Waals surface area contributed by atoms with Crippen LogP contribution in [0.1, 0.15) is 18.5 Å². The molecule has 0 amide bonds. The molecule has 0 fully saturated rings. The third-order valence-corrected chi connectivity index (χ3v) is 6.50. The topological polar surface area (TPSA) is 57.6 Å². The third-order valence-electron chi connectivity index (χ3n) is 4.62. The Morgan fingerprint density at radius 1 is 0.962 bits per heavy atom. The van der Waals surface area contributed by atoms with E-state index in [1.165, 1.54) is 40.7 Å². The van der Waals surface area contributed by atoms with Crippen LogP contribution in [0.3, 0.4) is 0 Å². The summed E-state index contributed by atoms with van der Waals surface area (Å²) in [6.45, 7) is 1.77. The number of anilines is 1. The van der Waals surface area contributed by atoms with Gasteiger partial charge in [0.1, 0.15) is 11.6 Å². The Morgan fingerprint density at radius 3 is 2.50 bits per heavy atom. The molecule has 0 radical (unpaired) electrons. The molecule has 1 atom stereocenters. The van der Waals surface area contributed by atoms with Gasteiger partial charge in [-0.15, -0.1) is 0 Å². The molecule has 1 aliphatic rings. The third kappa shape index (κ3) is 2.45. The van der Waals surface area contributed by atoms with Crippen LogP contribution in [-0.4, -0.2) is 13.5 Å². The van der Waals surface area contributed by atoms with Crippen LogP contribution < -0.4 is 4.31 Å². The fraction of sp³-hybridized carbons (Fsp3) is 0.100. The molecule has 3 aromatic carbocycles. The van der Waals surface area contributed by atoms with Crippen molar-refractivity contribution >= 4 is 15.7 Å². The quantitative estimate of drug-likeness (QED) is 0.725. The first-order valence-electron chi connectivity index (χ1n) is 8.12. The van der Waals surface area contributed by atoms with Crippen LogP contribution in [0.4, 0.5) is 10.1 Å². The van der Waals surface area contributed by atoms with Crippen LogP contribution in [0.5, 0.6) is 5.75 Å². The molecule has 0 aromatic heterocycles. The highest BCUT2D eigenvalue weighted by molar-refractivity contribution is 7.92. The van der Waals surface area contributed by atoms with E-state index in [0.29, 0.717) is 11.3 Å². The average Bonchev–Trinajstić information content (AvgIpc) is 2.61. The van der Waals surface area contributed by atoms with E-state index in [2.05, 4.69) is 0 Å². The highest BCUT2D eigenvalue weighted by Gasteiger charge is 2.37. The maximum atomic E-state index is 14.0. The van der Waals surface area contributed by atoms with Gasteiger partial charge < -0.3 is 5.11 Å². The summed E-state index contributed by atoms with van der Waals surface area (Å²) in [5.41, 5.74) is 2.68. The Morgan fingerprint density at radius 2 is 1.73 bits per heavy atom. The van der Waals surface area contributed by atoms with E-state index in [9.17, 15) is 17.9 Å². The predicted octanol–water partition coefficient (Wildman–Crippen LogP) is 4.47. The molecule has 1 N–H and O–H groups in total. The van der Waals surface area contributed by atoms with E-state index < -0.39 is 21.9 Å². The van der Waals surface area contributed by atoms with E-state index >= 15 is 0 Å². The second-order valence-electron chi connectivity index (χ2n) is 6.22. The van der Waals surface area contributed by atoms with Crippen LogP contribution in [0.25, 0.3) is 11.1 Å². The molecular formula is C20H16FNO3S. The lowest BCUT2D eigenvalue weighted by atomic mass is 9.90. The fourth-order valence-corrected chi connectivity index (χ4v) is 5.14. The van der Waals surface area contributed by atoms with Crippen molar-refractivity contribution in [2.75, 3.05) is 4.31 Å². The van der Waals surface area contributed by atoms with Gasteiger partial charge in [0.05, 0.1) is 16.6 Å². The molecule has 0 saturated heterocycles. The molecule has 0 bridgehead atoms. The molecule has 1 aliphatic heterocycles. The minimum absolute atomic E-state index is 0.0426. The smallest absolute Gasteiger partial charge is 0.265 e. The Labute approximate surface area is 151 Å². The van der Waals surface area contributed by atoms with Crippen LogP contribution in [0.2, 0.25) is 0 Å². The molecule has 0 spiro atoms. The van der Waals surface area contributed by atoms with Gasteiger partial charge in [-0.3, -0.25) is 4.31 Å². The number of hydrogen-bond acceptors (Lipinski definition) is 3. The summed E-state index contributed by atoms with van der Waals surface area (Å²) >= 11 is 0. The Kier molecular flexibility index (Phi) is 3.73. The second-order valence-corrected chi connectivity index (χ2v) is 8.04. The van der Waals surface area contributed by atoms with E-state index in [1.54, 1.807) is 13.0 Å². The lowest BCUT2D eigenvalue weighted by Crippen LogP contribution is -2.36. The zero-order valence-corrected chi connectivity index (χ0v) is 14.7. The molecule has 1 heterocycles. The monoisotopic (exact) mass is 369 g/mol. The molecule has 4 rings (SSSR count). The van der Waals surface area contributed by atoms with Crippen LogP contribution in [0, 0.1) is 5.82 Å². The van der Waals surface area contributed by atoms with E-state index in [-0.39, 0.29) is 10.6 Å². The number of aromatic hydroxyl groups is 1. The normalized spacial score (nSPS) is 16.1. The lowest BCUT2D eigenvalue weighted by Gasteiger charge is -2.37. The van der Waals surface area contributed by atoms with Gasteiger partial charge in [-0.25, -0.2) is 12.8 Å². The number of rotatable bonds is 2. The first-order chi connectivity index (χ1) is 12.4. The van der Waals surface area contributed by atoms with Gasteiger partial charge in [-0.1, -0.05) is 30.3 Å². The SMILES string of the molecule is C[C@H]1c2ccccc2-c2ccc(F)cc2N1S(=O)(=O)c1cccc(O)c1. The van der Waals surface area contributed by atoms with Crippen molar-refractivity contribution in [1.29, 1.82) is 0 Å². The van der Waals surface area contributed by atoms with Crippen molar-refractivity contribution in [3.63, 3.8) is 0 Å². The number of benzene rings is 3. The number of nitrogens with zero attached hydrogens (tertiary/aromatic N) is 1. The van der Waals surface area contributed by atoms with Gasteiger partial charge in [0, 0.05) is 11.6 Å². The van der Waals surface area contributed by atoms with Crippen LogP contribution in [0.15, 0.2) is 71.6 Å². The van der Waals surface area contributed by atoms with Crippen LogP contribution >= 0.6 is 0 Å². The van der Waals surface area contributed by atoms with Crippen molar-refractivity contribution in [3.05, 3.63) is 78.1 Å². The molecule has 0 aliphatic carbocycles. The summed E-state index contributed by atoms with van der Waals surface area (Å²) in [4.78, 5) is -0.0426. The van der Waals surface area contributed by atoms with E-state index in [4.69, 9.17) is 0 Å². The number of sulfonamides is 1. The summed E-state index contributed by atoms with van der Waals surface area (Å²) in [5, 5.41) is 9.69. The van der Waals surface area contributed by atoms with E-state index in [1.807, 2.05) is 24.3 Å². The zero-order valence-electron chi connectivity index (χ0n) is 13.9. The molecule has 4 nitrogen and oxygen atoms in total. The largest absolute Gasteiger partial charge is 0.508 e. The number of halogens is 1. The number of hydrogen-bond donors (Lipinski definition) is 1. The first-order valence-corrected chi connectivity index (χ1v) is 9.56. The van der Waals surface area contributed by atoms with E-state index in [0.717, 1.165) is 11.1 Å². The van der Waals surface area contributed by atoms with Crippen LogP contribution in [-0.2, 0) is 10.0 Å². The first kappa shape index (κ1) is 16.6. The highest BCUT2D eigenvalue weighted by atomic mass is 32.2. The molecule has 132 valence electrons. The Balaban J connectivity index is 1.99. The Hall–Kier alpha value is -2.86. The van der Waals surface area contributed by atoms with Crippen molar-refractivity contribution in [2.45, 2.75) is 17.9 Å². The minimum Gasteiger partial charge on any atom is -0.508 e. The highest BCUT2D eigenvalue weighted by Crippen LogP contribution is 2.47. The van der Waals surface area contributed by atoms with Crippen molar-refractivity contribution in [3.8, 4) is 16.9 Å². The summed E-state index contributed by atoms with van der Waals surface area (Å²) in [6, 6.07) is 16.6. The van der Waals surface area contributed by atoms with Crippen molar-refractivity contribution < 1.29 is 17.9 Å². The summed E-state index contributed by atoms with van der Waals surface area (Å²) < 4.78 is 41.8. The maximum Gasteiger partial charge on any atom is 0.265 e. The van der Waals surface area contributed by atoms with Gasteiger partial charge in [0.2, 0.25) is 0 Å². The maximum absolute atomic E-state index is 14.0. The van der Waals surface area contributed by atoms with Gasteiger partial charge >= 0.3 is 0 Å². The van der Waals surface area contributed by atoms with Gasteiger partial charge in [-0.05, 0) is 48.4 Å². The molecule has 26 heavy (non-hydrogen) atoms. The number of fused-ring (bicyclic) bond motifs is 3.